The Bertz CT molecular complexity index is 254. The Kier molecular flexibility index (Phi) is 4.66. The Morgan fingerprint density at radius 3 is 2.50 bits per heavy atom. The number of hydrogen-bond donors (Lipinski definition) is 1. The van der Waals surface area contributed by atoms with Crippen LogP contribution >= 0.6 is 0 Å². The minimum atomic E-state index is -0.809. The molecule has 0 radical (unpaired) electrons. The van der Waals surface area contributed by atoms with Crippen LogP contribution in [0.3, 0.4) is 0 Å². The first-order chi connectivity index (χ1) is 6.70. The van der Waals surface area contributed by atoms with E-state index in [1.54, 1.807) is 0 Å². The summed E-state index contributed by atoms with van der Waals surface area (Å²) >= 11 is 0. The predicted octanol–water partition coefficient (Wildman–Crippen LogP) is -0.0477. The molecule has 1 aromatic carbocycles. The van der Waals surface area contributed by atoms with Crippen LogP contribution < -0.4 is 5.46 Å². The summed E-state index contributed by atoms with van der Waals surface area (Å²) in [5.41, 5.74) is 0.797. The molecule has 1 aromatic rings. The third-order valence-electron chi connectivity index (χ3n) is 1.90. The summed E-state index contributed by atoms with van der Waals surface area (Å²) in [6.07, 6.45) is 0. The second-order valence-corrected chi connectivity index (χ2v) is 3.44. The average Bonchev–Trinajstić information content (AvgIpc) is 2.18. The van der Waals surface area contributed by atoms with Crippen molar-refractivity contribution in [2.75, 3.05) is 27.2 Å². The molecule has 0 aliphatic heterocycles. The summed E-state index contributed by atoms with van der Waals surface area (Å²) in [7, 11) is 3.13. The lowest BCUT2D eigenvalue weighted by Gasteiger charge is -2.11. The van der Waals surface area contributed by atoms with Crippen LogP contribution in [0, 0.1) is 0 Å². The van der Waals surface area contributed by atoms with Crippen molar-refractivity contribution in [1.82, 2.24) is 4.90 Å². The standard InChI is InChI=1S/C10H16BNO2/c1-12(2)8-9-14-11(13)10-6-4-3-5-7-10/h3-7,13H,8-9H2,1-2H3. The second kappa shape index (κ2) is 5.80. The van der Waals surface area contributed by atoms with Crippen LogP contribution in [0.15, 0.2) is 30.3 Å². The van der Waals surface area contributed by atoms with E-state index in [2.05, 4.69) is 0 Å². The Balaban J connectivity index is 2.32. The van der Waals surface area contributed by atoms with E-state index in [0.717, 1.165) is 12.0 Å². The zero-order valence-corrected chi connectivity index (χ0v) is 8.68. The lowest BCUT2D eigenvalue weighted by molar-refractivity contribution is 0.232. The van der Waals surface area contributed by atoms with Gasteiger partial charge in [-0.25, -0.2) is 0 Å². The van der Waals surface area contributed by atoms with Crippen LogP contribution in [0.4, 0.5) is 0 Å². The fourth-order valence-electron chi connectivity index (χ4n) is 1.06. The molecule has 0 amide bonds. The number of likely N-dealkylation sites (N-methyl/N-ethyl adjacent to an activating group) is 1. The SMILES string of the molecule is CN(C)CCOB(O)c1ccccc1. The van der Waals surface area contributed by atoms with E-state index in [4.69, 9.17) is 4.65 Å². The highest BCUT2D eigenvalue weighted by molar-refractivity contribution is 6.59. The van der Waals surface area contributed by atoms with Crippen molar-refractivity contribution in [3.8, 4) is 0 Å². The number of rotatable bonds is 5. The highest BCUT2D eigenvalue weighted by Crippen LogP contribution is 1.88. The van der Waals surface area contributed by atoms with Gasteiger partial charge in [0, 0.05) is 13.2 Å². The molecule has 1 rings (SSSR count). The van der Waals surface area contributed by atoms with Gasteiger partial charge in [-0.15, -0.1) is 0 Å². The largest absolute Gasteiger partial charge is 0.491 e. The maximum absolute atomic E-state index is 9.59. The van der Waals surface area contributed by atoms with E-state index in [1.165, 1.54) is 0 Å². The summed E-state index contributed by atoms with van der Waals surface area (Å²) in [5.74, 6) is 0. The Morgan fingerprint density at radius 1 is 1.29 bits per heavy atom. The van der Waals surface area contributed by atoms with E-state index >= 15 is 0 Å². The lowest BCUT2D eigenvalue weighted by Crippen LogP contribution is -2.35. The normalized spacial score (nSPS) is 10.6. The Hall–Kier alpha value is -0.835. The van der Waals surface area contributed by atoms with E-state index in [0.29, 0.717) is 6.61 Å². The van der Waals surface area contributed by atoms with Gasteiger partial charge in [0.05, 0.1) is 0 Å². The van der Waals surface area contributed by atoms with Gasteiger partial charge in [0.2, 0.25) is 0 Å². The summed E-state index contributed by atoms with van der Waals surface area (Å²) in [6, 6.07) is 9.37. The van der Waals surface area contributed by atoms with Crippen LogP contribution in [-0.4, -0.2) is 44.3 Å². The topological polar surface area (TPSA) is 32.7 Å². The van der Waals surface area contributed by atoms with Crippen molar-refractivity contribution in [3.05, 3.63) is 30.3 Å². The fourth-order valence-corrected chi connectivity index (χ4v) is 1.06. The minimum absolute atomic E-state index is 0.531. The maximum Gasteiger partial charge on any atom is 0.491 e. The maximum atomic E-state index is 9.59. The zero-order valence-electron chi connectivity index (χ0n) is 8.68. The van der Waals surface area contributed by atoms with Crippen molar-refractivity contribution in [2.45, 2.75) is 0 Å². The van der Waals surface area contributed by atoms with Crippen molar-refractivity contribution < 1.29 is 9.68 Å². The highest BCUT2D eigenvalue weighted by atomic mass is 16.5. The molecule has 0 heterocycles. The van der Waals surface area contributed by atoms with Gasteiger partial charge in [0.1, 0.15) is 0 Å². The van der Waals surface area contributed by atoms with E-state index in [-0.39, 0.29) is 0 Å². The third-order valence-corrected chi connectivity index (χ3v) is 1.90. The molecule has 1 N–H and O–H groups in total. The number of benzene rings is 1. The number of nitrogens with zero attached hydrogens (tertiary/aromatic N) is 1. The van der Waals surface area contributed by atoms with Gasteiger partial charge >= 0.3 is 7.12 Å². The molecule has 0 unspecified atom stereocenters. The van der Waals surface area contributed by atoms with Gasteiger partial charge in [-0.1, -0.05) is 30.3 Å². The van der Waals surface area contributed by atoms with Crippen LogP contribution in [0.2, 0.25) is 0 Å². The molecule has 0 bridgehead atoms. The molecule has 3 nitrogen and oxygen atoms in total. The quantitative estimate of drug-likeness (QED) is 0.665. The molecule has 14 heavy (non-hydrogen) atoms. The summed E-state index contributed by atoms with van der Waals surface area (Å²) in [6.45, 7) is 1.34. The van der Waals surface area contributed by atoms with Crippen molar-refractivity contribution >= 4 is 12.6 Å². The van der Waals surface area contributed by atoms with Crippen LogP contribution in [0.25, 0.3) is 0 Å². The second-order valence-electron chi connectivity index (χ2n) is 3.44. The highest BCUT2D eigenvalue weighted by Gasteiger charge is 2.14. The first kappa shape index (κ1) is 11.2. The van der Waals surface area contributed by atoms with Crippen molar-refractivity contribution in [2.24, 2.45) is 0 Å². The molecule has 0 spiro atoms. The van der Waals surface area contributed by atoms with Crippen molar-refractivity contribution in [3.63, 3.8) is 0 Å². The third kappa shape index (κ3) is 3.92. The van der Waals surface area contributed by atoms with Gasteiger partial charge in [0.15, 0.2) is 0 Å². The molecular formula is C10H16BNO2. The lowest BCUT2D eigenvalue weighted by atomic mass is 9.80. The van der Waals surface area contributed by atoms with E-state index in [9.17, 15) is 5.02 Å². The summed E-state index contributed by atoms with van der Waals surface area (Å²) < 4.78 is 5.25. The van der Waals surface area contributed by atoms with Gasteiger partial charge < -0.3 is 14.6 Å². The van der Waals surface area contributed by atoms with Gasteiger partial charge in [-0.3, -0.25) is 0 Å². The van der Waals surface area contributed by atoms with Crippen LogP contribution in [0.1, 0.15) is 0 Å². The molecule has 0 saturated carbocycles. The van der Waals surface area contributed by atoms with E-state index in [1.807, 2.05) is 49.3 Å². The first-order valence-corrected chi connectivity index (χ1v) is 4.69. The molecule has 0 aliphatic carbocycles. The Labute approximate surface area is 85.5 Å². The molecule has 0 aliphatic rings. The molecule has 4 heteroatoms. The van der Waals surface area contributed by atoms with Crippen molar-refractivity contribution in [1.29, 1.82) is 0 Å². The monoisotopic (exact) mass is 193 g/mol. The molecular weight excluding hydrogens is 177 g/mol. The van der Waals surface area contributed by atoms with Gasteiger partial charge in [-0.2, -0.15) is 0 Å². The fraction of sp³-hybridized carbons (Fsp3) is 0.400. The molecule has 0 aromatic heterocycles. The summed E-state index contributed by atoms with van der Waals surface area (Å²) in [5, 5.41) is 9.59. The Morgan fingerprint density at radius 2 is 1.93 bits per heavy atom. The molecule has 0 atom stereocenters. The smallest absolute Gasteiger partial charge is 0.423 e. The molecule has 76 valence electrons. The molecule has 0 saturated heterocycles. The average molecular weight is 193 g/mol. The van der Waals surface area contributed by atoms with Gasteiger partial charge in [0.25, 0.3) is 0 Å². The van der Waals surface area contributed by atoms with E-state index < -0.39 is 7.12 Å². The van der Waals surface area contributed by atoms with Gasteiger partial charge in [-0.05, 0) is 19.6 Å². The first-order valence-electron chi connectivity index (χ1n) is 4.69. The predicted molar refractivity (Wildman–Crippen MR) is 58.6 cm³/mol. The molecule has 0 fully saturated rings. The zero-order chi connectivity index (χ0) is 10.4. The minimum Gasteiger partial charge on any atom is -0.423 e. The number of hydrogen-bond acceptors (Lipinski definition) is 3. The van der Waals surface area contributed by atoms with Crippen LogP contribution in [-0.2, 0) is 4.65 Å². The van der Waals surface area contributed by atoms with Crippen LogP contribution in [0.5, 0.6) is 0 Å². The summed E-state index contributed by atoms with van der Waals surface area (Å²) in [4.78, 5) is 2.01.